The quantitative estimate of drug-likeness (QED) is 0.783. The third-order valence-corrected chi connectivity index (χ3v) is 4.39. The zero-order valence-corrected chi connectivity index (χ0v) is 13.6. The molecule has 1 aliphatic rings. The van der Waals surface area contributed by atoms with Gasteiger partial charge in [-0.25, -0.2) is 15.0 Å². The maximum Gasteiger partial charge on any atom is 0.183 e. The highest BCUT2D eigenvalue weighted by molar-refractivity contribution is 6.30. The first-order chi connectivity index (χ1) is 11.2. The van der Waals surface area contributed by atoms with Crippen molar-refractivity contribution in [2.75, 3.05) is 38.1 Å². The van der Waals surface area contributed by atoms with Gasteiger partial charge in [-0.05, 0) is 19.2 Å². The van der Waals surface area contributed by atoms with Crippen LogP contribution in [0, 0.1) is 0 Å². The summed E-state index contributed by atoms with van der Waals surface area (Å²) in [6.07, 6.45) is 1.67. The van der Waals surface area contributed by atoms with Gasteiger partial charge in [-0.15, -0.1) is 0 Å². The van der Waals surface area contributed by atoms with Gasteiger partial charge in [0.05, 0.1) is 6.33 Å². The molecule has 0 radical (unpaired) electrons. The fourth-order valence-electron chi connectivity index (χ4n) is 2.82. The monoisotopic (exact) mass is 328 g/mol. The first-order valence-corrected chi connectivity index (χ1v) is 7.99. The summed E-state index contributed by atoms with van der Waals surface area (Å²) in [6, 6.07) is 7.60. The van der Waals surface area contributed by atoms with Crippen LogP contribution in [0.15, 0.2) is 30.6 Å². The smallest absolute Gasteiger partial charge is 0.183 e. The zero-order chi connectivity index (χ0) is 15.8. The largest absolute Gasteiger partial charge is 0.352 e. The van der Waals surface area contributed by atoms with Crippen LogP contribution in [0.2, 0.25) is 5.02 Å². The van der Waals surface area contributed by atoms with Crippen LogP contribution in [0.3, 0.4) is 0 Å². The van der Waals surface area contributed by atoms with Crippen molar-refractivity contribution in [3.8, 4) is 11.4 Å². The summed E-state index contributed by atoms with van der Waals surface area (Å²) in [5.74, 6) is 1.57. The Morgan fingerprint density at radius 2 is 1.96 bits per heavy atom. The molecule has 0 spiro atoms. The Labute approximate surface area is 139 Å². The summed E-state index contributed by atoms with van der Waals surface area (Å²) < 4.78 is 0. The second-order valence-corrected chi connectivity index (χ2v) is 6.21. The number of anilines is 1. The zero-order valence-electron chi connectivity index (χ0n) is 12.8. The molecule has 0 amide bonds. The number of nitrogens with one attached hydrogen (secondary N) is 1. The number of H-pyrrole nitrogens is 1. The summed E-state index contributed by atoms with van der Waals surface area (Å²) in [5.41, 5.74) is 2.47. The average molecular weight is 329 g/mol. The van der Waals surface area contributed by atoms with Crippen molar-refractivity contribution >= 4 is 28.6 Å². The summed E-state index contributed by atoms with van der Waals surface area (Å²) >= 11 is 6.10. The molecule has 3 heterocycles. The molecule has 0 bridgehead atoms. The van der Waals surface area contributed by atoms with Crippen LogP contribution in [-0.2, 0) is 0 Å². The van der Waals surface area contributed by atoms with Gasteiger partial charge in [0, 0.05) is 36.8 Å². The molecule has 1 fully saturated rings. The Morgan fingerprint density at radius 3 is 2.74 bits per heavy atom. The average Bonchev–Trinajstić information content (AvgIpc) is 3.03. The van der Waals surface area contributed by atoms with Gasteiger partial charge in [-0.3, -0.25) is 0 Å². The fraction of sp³-hybridized carbons (Fsp3) is 0.312. The van der Waals surface area contributed by atoms with Crippen molar-refractivity contribution in [2.24, 2.45) is 0 Å². The standard InChI is InChI=1S/C16H17ClN6/c1-22-5-7-23(8-6-22)16-13-15(19-10-18-13)20-14(21-16)11-3-2-4-12(17)9-11/h2-4,9-10H,5-8H2,1H3,(H,18,19,20,21). The Hall–Kier alpha value is -2.18. The molecule has 7 heteroatoms. The first kappa shape index (κ1) is 14.4. The molecule has 1 aromatic carbocycles. The third kappa shape index (κ3) is 2.75. The van der Waals surface area contributed by atoms with E-state index in [-0.39, 0.29) is 0 Å². The second-order valence-electron chi connectivity index (χ2n) is 5.77. The summed E-state index contributed by atoms with van der Waals surface area (Å²) in [7, 11) is 2.14. The summed E-state index contributed by atoms with van der Waals surface area (Å²) in [6.45, 7) is 3.92. The van der Waals surface area contributed by atoms with Crippen molar-refractivity contribution in [3.63, 3.8) is 0 Å². The number of fused-ring (bicyclic) bond motifs is 1. The summed E-state index contributed by atoms with van der Waals surface area (Å²) in [5, 5.41) is 0.675. The fourth-order valence-corrected chi connectivity index (χ4v) is 3.01. The van der Waals surface area contributed by atoms with E-state index >= 15 is 0 Å². The van der Waals surface area contributed by atoms with Crippen LogP contribution in [-0.4, -0.2) is 58.1 Å². The second kappa shape index (κ2) is 5.79. The van der Waals surface area contributed by atoms with Crippen LogP contribution < -0.4 is 4.90 Å². The number of rotatable bonds is 2. The van der Waals surface area contributed by atoms with E-state index in [2.05, 4.69) is 31.8 Å². The van der Waals surface area contributed by atoms with E-state index in [0.717, 1.165) is 43.1 Å². The number of benzene rings is 1. The highest BCUT2D eigenvalue weighted by Gasteiger charge is 2.20. The topological polar surface area (TPSA) is 60.9 Å². The number of aromatic amines is 1. The lowest BCUT2D eigenvalue weighted by atomic mass is 10.2. The number of aromatic nitrogens is 4. The number of hydrogen-bond donors (Lipinski definition) is 1. The number of hydrogen-bond acceptors (Lipinski definition) is 5. The molecule has 1 N–H and O–H groups in total. The Bertz CT molecular complexity index is 837. The van der Waals surface area contributed by atoms with Gasteiger partial charge in [0.15, 0.2) is 17.3 Å². The van der Waals surface area contributed by atoms with E-state index in [1.54, 1.807) is 6.33 Å². The molecule has 0 atom stereocenters. The molecule has 118 valence electrons. The van der Waals surface area contributed by atoms with Gasteiger partial charge in [0.25, 0.3) is 0 Å². The van der Waals surface area contributed by atoms with Crippen LogP contribution in [0.4, 0.5) is 5.82 Å². The van der Waals surface area contributed by atoms with Gasteiger partial charge in [-0.1, -0.05) is 23.7 Å². The van der Waals surface area contributed by atoms with Crippen LogP contribution >= 0.6 is 11.6 Å². The summed E-state index contributed by atoms with van der Waals surface area (Å²) in [4.78, 5) is 21.5. The number of piperazine rings is 1. The van der Waals surface area contributed by atoms with Crippen molar-refractivity contribution in [1.29, 1.82) is 0 Å². The SMILES string of the molecule is CN1CCN(c2nc(-c3cccc(Cl)c3)nc3nc[nH]c23)CC1. The van der Waals surface area contributed by atoms with Crippen molar-refractivity contribution < 1.29 is 0 Å². The Morgan fingerprint density at radius 1 is 1.13 bits per heavy atom. The minimum atomic E-state index is 0.654. The van der Waals surface area contributed by atoms with Gasteiger partial charge in [0.2, 0.25) is 0 Å². The minimum Gasteiger partial charge on any atom is -0.352 e. The van der Waals surface area contributed by atoms with Gasteiger partial charge < -0.3 is 14.8 Å². The van der Waals surface area contributed by atoms with Crippen LogP contribution in [0.5, 0.6) is 0 Å². The minimum absolute atomic E-state index is 0.654. The van der Waals surface area contributed by atoms with E-state index in [9.17, 15) is 0 Å². The number of imidazole rings is 1. The van der Waals surface area contributed by atoms with Crippen molar-refractivity contribution in [2.45, 2.75) is 0 Å². The number of nitrogens with zero attached hydrogens (tertiary/aromatic N) is 5. The molecule has 3 aromatic rings. The van der Waals surface area contributed by atoms with E-state index in [4.69, 9.17) is 16.6 Å². The lowest BCUT2D eigenvalue weighted by molar-refractivity contribution is 0.312. The normalized spacial score (nSPS) is 16.2. The van der Waals surface area contributed by atoms with E-state index in [0.29, 0.717) is 16.5 Å². The lowest BCUT2D eigenvalue weighted by Crippen LogP contribution is -2.45. The number of likely N-dealkylation sites (N-methyl/N-ethyl adjacent to an activating group) is 1. The third-order valence-electron chi connectivity index (χ3n) is 4.15. The molecule has 1 saturated heterocycles. The molecular weight excluding hydrogens is 312 g/mol. The van der Waals surface area contributed by atoms with Gasteiger partial charge >= 0.3 is 0 Å². The first-order valence-electron chi connectivity index (χ1n) is 7.61. The molecule has 0 unspecified atom stereocenters. The van der Waals surface area contributed by atoms with Crippen molar-refractivity contribution in [1.82, 2.24) is 24.8 Å². The van der Waals surface area contributed by atoms with E-state index in [1.165, 1.54) is 0 Å². The Kier molecular flexibility index (Phi) is 3.63. The number of halogens is 1. The molecular formula is C16H17ClN6. The van der Waals surface area contributed by atoms with Gasteiger partial charge in [-0.2, -0.15) is 0 Å². The molecule has 6 nitrogen and oxygen atoms in total. The maximum absolute atomic E-state index is 6.10. The molecule has 4 rings (SSSR count). The van der Waals surface area contributed by atoms with Gasteiger partial charge in [0.1, 0.15) is 5.52 Å². The van der Waals surface area contributed by atoms with E-state index < -0.39 is 0 Å². The Balaban J connectivity index is 1.81. The molecule has 0 aliphatic carbocycles. The maximum atomic E-state index is 6.10. The van der Waals surface area contributed by atoms with Crippen molar-refractivity contribution in [3.05, 3.63) is 35.6 Å². The molecule has 0 saturated carbocycles. The predicted molar refractivity (Wildman–Crippen MR) is 91.8 cm³/mol. The molecule has 23 heavy (non-hydrogen) atoms. The van der Waals surface area contributed by atoms with Crippen LogP contribution in [0.1, 0.15) is 0 Å². The predicted octanol–water partition coefficient (Wildman–Crippen LogP) is 2.43. The lowest BCUT2D eigenvalue weighted by Gasteiger charge is -2.33. The van der Waals surface area contributed by atoms with E-state index in [1.807, 2.05) is 24.3 Å². The highest BCUT2D eigenvalue weighted by atomic mass is 35.5. The molecule has 1 aliphatic heterocycles. The molecule has 2 aromatic heterocycles. The highest BCUT2D eigenvalue weighted by Crippen LogP contribution is 2.27. The van der Waals surface area contributed by atoms with Crippen LogP contribution in [0.25, 0.3) is 22.6 Å².